The first-order valence-electron chi connectivity index (χ1n) is 6.78. The molecule has 0 aromatic carbocycles. The van der Waals surface area contributed by atoms with Crippen LogP contribution in [0.1, 0.15) is 5.56 Å². The number of hydrogen-bond donors (Lipinski definition) is 1. The number of carbonyl (C=O) groups excluding carboxylic acids is 2. The quantitative estimate of drug-likeness (QED) is 0.846. The lowest BCUT2D eigenvalue weighted by Gasteiger charge is -2.29. The average Bonchev–Trinajstić information content (AvgIpc) is 2.49. The van der Waals surface area contributed by atoms with Crippen LogP contribution >= 0.6 is 12.4 Å². The van der Waals surface area contributed by atoms with Gasteiger partial charge in [0.1, 0.15) is 0 Å². The predicted octanol–water partition coefficient (Wildman–Crippen LogP) is -0.0639. The third-order valence-corrected chi connectivity index (χ3v) is 3.35. The van der Waals surface area contributed by atoms with Gasteiger partial charge in [-0.1, -0.05) is 6.07 Å². The van der Waals surface area contributed by atoms with Crippen molar-refractivity contribution in [1.29, 1.82) is 0 Å². The number of halogens is 1. The molecule has 0 radical (unpaired) electrons. The van der Waals surface area contributed by atoms with Gasteiger partial charge < -0.3 is 15.1 Å². The second-order valence-corrected chi connectivity index (χ2v) is 4.92. The van der Waals surface area contributed by atoms with Crippen molar-refractivity contribution in [2.45, 2.75) is 6.42 Å². The van der Waals surface area contributed by atoms with E-state index < -0.39 is 0 Å². The number of aromatic nitrogens is 1. The molecule has 1 aliphatic heterocycles. The van der Waals surface area contributed by atoms with E-state index in [4.69, 9.17) is 0 Å². The van der Waals surface area contributed by atoms with Crippen molar-refractivity contribution in [1.82, 2.24) is 20.1 Å². The monoisotopic (exact) mass is 312 g/mol. The van der Waals surface area contributed by atoms with Crippen LogP contribution in [0.25, 0.3) is 0 Å². The van der Waals surface area contributed by atoms with Crippen molar-refractivity contribution in [2.75, 3.05) is 39.8 Å². The number of hydrogen-bond acceptors (Lipinski definition) is 4. The van der Waals surface area contributed by atoms with Crippen molar-refractivity contribution < 1.29 is 9.59 Å². The topological polar surface area (TPSA) is 65.5 Å². The van der Waals surface area contributed by atoms with Gasteiger partial charge in [0.15, 0.2) is 0 Å². The van der Waals surface area contributed by atoms with E-state index in [-0.39, 0.29) is 37.2 Å². The molecule has 2 amide bonds. The van der Waals surface area contributed by atoms with Gasteiger partial charge in [0, 0.05) is 45.6 Å². The van der Waals surface area contributed by atoms with Gasteiger partial charge in [-0.3, -0.25) is 14.6 Å². The minimum Gasteiger partial charge on any atom is -0.339 e. The number of nitrogens with one attached hydrogen (secondary N) is 1. The molecule has 1 fully saturated rings. The Morgan fingerprint density at radius 1 is 1.38 bits per heavy atom. The van der Waals surface area contributed by atoms with Gasteiger partial charge in [0.05, 0.1) is 13.0 Å². The smallest absolute Gasteiger partial charge is 0.242 e. The third kappa shape index (κ3) is 5.32. The van der Waals surface area contributed by atoms with E-state index in [1.807, 2.05) is 6.07 Å². The SMILES string of the molecule is CN(CC(=O)N1CCNCC1)C(=O)Cc1cccnc1.Cl. The zero-order valence-corrected chi connectivity index (χ0v) is 12.9. The van der Waals surface area contributed by atoms with Crippen LogP contribution in [-0.4, -0.2) is 66.4 Å². The molecule has 0 atom stereocenters. The molecule has 7 heteroatoms. The van der Waals surface area contributed by atoms with Crippen molar-refractivity contribution in [2.24, 2.45) is 0 Å². The largest absolute Gasteiger partial charge is 0.339 e. The molecule has 1 aromatic rings. The lowest BCUT2D eigenvalue weighted by atomic mass is 10.2. The summed E-state index contributed by atoms with van der Waals surface area (Å²) in [6.45, 7) is 3.20. The first-order valence-corrected chi connectivity index (χ1v) is 6.78. The number of pyridine rings is 1. The number of amides is 2. The van der Waals surface area contributed by atoms with Crippen LogP contribution in [0.2, 0.25) is 0 Å². The molecular formula is C14H21ClN4O2. The van der Waals surface area contributed by atoms with Crippen molar-refractivity contribution in [3.63, 3.8) is 0 Å². The Morgan fingerprint density at radius 2 is 2.10 bits per heavy atom. The Hall–Kier alpha value is -1.66. The highest BCUT2D eigenvalue weighted by atomic mass is 35.5. The van der Waals surface area contributed by atoms with Gasteiger partial charge in [0.25, 0.3) is 0 Å². The van der Waals surface area contributed by atoms with E-state index in [2.05, 4.69) is 10.3 Å². The lowest BCUT2D eigenvalue weighted by Crippen LogP contribution is -2.49. The van der Waals surface area contributed by atoms with Gasteiger partial charge in [-0.05, 0) is 11.6 Å². The van der Waals surface area contributed by atoms with Crippen LogP contribution in [0.4, 0.5) is 0 Å². The van der Waals surface area contributed by atoms with Gasteiger partial charge >= 0.3 is 0 Å². The predicted molar refractivity (Wildman–Crippen MR) is 82.3 cm³/mol. The van der Waals surface area contributed by atoms with E-state index in [1.54, 1.807) is 30.4 Å². The zero-order chi connectivity index (χ0) is 14.4. The Morgan fingerprint density at radius 3 is 2.71 bits per heavy atom. The average molecular weight is 313 g/mol. The molecule has 1 saturated heterocycles. The number of nitrogens with zero attached hydrogens (tertiary/aromatic N) is 3. The van der Waals surface area contributed by atoms with Crippen LogP contribution in [-0.2, 0) is 16.0 Å². The molecule has 116 valence electrons. The summed E-state index contributed by atoms with van der Waals surface area (Å²) >= 11 is 0. The lowest BCUT2D eigenvalue weighted by molar-refractivity contribution is -0.139. The normalized spacial score (nSPS) is 14.2. The standard InChI is InChI=1S/C14H20N4O2.ClH/c1-17(11-14(20)18-7-5-15-6-8-18)13(19)9-12-3-2-4-16-10-12;/h2-4,10,15H,5-9,11H2,1H3;1H. The Labute approximate surface area is 130 Å². The molecule has 21 heavy (non-hydrogen) atoms. The molecule has 0 spiro atoms. The maximum absolute atomic E-state index is 12.1. The first-order chi connectivity index (χ1) is 9.66. The number of carbonyl (C=O) groups is 2. The molecule has 0 saturated carbocycles. The summed E-state index contributed by atoms with van der Waals surface area (Å²) in [6, 6.07) is 3.66. The van der Waals surface area contributed by atoms with Gasteiger partial charge in [-0.15, -0.1) is 12.4 Å². The van der Waals surface area contributed by atoms with Crippen LogP contribution < -0.4 is 5.32 Å². The molecule has 0 bridgehead atoms. The van der Waals surface area contributed by atoms with Gasteiger partial charge in [-0.2, -0.15) is 0 Å². The van der Waals surface area contributed by atoms with E-state index in [1.165, 1.54) is 4.90 Å². The maximum atomic E-state index is 12.1. The maximum Gasteiger partial charge on any atom is 0.242 e. The molecule has 0 unspecified atom stereocenters. The second-order valence-electron chi connectivity index (χ2n) is 4.92. The highest BCUT2D eigenvalue weighted by Gasteiger charge is 2.19. The van der Waals surface area contributed by atoms with Gasteiger partial charge in [-0.25, -0.2) is 0 Å². The minimum absolute atomic E-state index is 0. The molecule has 2 heterocycles. The highest BCUT2D eigenvalue weighted by Crippen LogP contribution is 2.01. The van der Waals surface area contributed by atoms with Crippen LogP contribution in [0, 0.1) is 0 Å². The Bertz CT molecular complexity index is 463. The second kappa shape index (κ2) is 8.59. The summed E-state index contributed by atoms with van der Waals surface area (Å²) in [6.07, 6.45) is 3.62. The van der Waals surface area contributed by atoms with Crippen LogP contribution in [0.15, 0.2) is 24.5 Å². The molecule has 6 nitrogen and oxygen atoms in total. The summed E-state index contributed by atoms with van der Waals surface area (Å²) in [7, 11) is 1.67. The van der Waals surface area contributed by atoms with Crippen molar-refractivity contribution >= 4 is 24.2 Å². The molecule has 1 N–H and O–H groups in total. The Balaban J connectivity index is 0.00000220. The van der Waals surface area contributed by atoms with E-state index >= 15 is 0 Å². The summed E-state index contributed by atoms with van der Waals surface area (Å²) in [4.78, 5) is 31.4. The molecule has 1 aromatic heterocycles. The van der Waals surface area contributed by atoms with Gasteiger partial charge in [0.2, 0.25) is 11.8 Å². The van der Waals surface area contributed by atoms with Crippen LogP contribution in [0.5, 0.6) is 0 Å². The van der Waals surface area contributed by atoms with E-state index in [0.717, 1.165) is 18.7 Å². The summed E-state index contributed by atoms with van der Waals surface area (Å²) < 4.78 is 0. The van der Waals surface area contributed by atoms with Crippen molar-refractivity contribution in [3.05, 3.63) is 30.1 Å². The third-order valence-electron chi connectivity index (χ3n) is 3.35. The number of rotatable bonds is 4. The fourth-order valence-corrected chi connectivity index (χ4v) is 2.12. The van der Waals surface area contributed by atoms with E-state index in [0.29, 0.717) is 13.1 Å². The van der Waals surface area contributed by atoms with E-state index in [9.17, 15) is 9.59 Å². The summed E-state index contributed by atoms with van der Waals surface area (Å²) in [5.74, 6) is -0.0602. The first kappa shape index (κ1) is 17.4. The summed E-state index contributed by atoms with van der Waals surface area (Å²) in [5, 5.41) is 3.20. The Kier molecular flexibility index (Phi) is 7.11. The summed E-state index contributed by atoms with van der Waals surface area (Å²) in [5.41, 5.74) is 0.860. The molecule has 2 rings (SSSR count). The fraction of sp³-hybridized carbons (Fsp3) is 0.500. The minimum atomic E-state index is -0.0681. The molecular weight excluding hydrogens is 292 g/mol. The highest BCUT2D eigenvalue weighted by molar-refractivity contribution is 5.86. The fourth-order valence-electron chi connectivity index (χ4n) is 2.12. The number of likely N-dealkylation sites (N-methyl/N-ethyl adjacent to an activating group) is 1. The van der Waals surface area contributed by atoms with Crippen LogP contribution in [0.3, 0.4) is 0 Å². The van der Waals surface area contributed by atoms with Crippen molar-refractivity contribution in [3.8, 4) is 0 Å². The molecule has 1 aliphatic rings. The zero-order valence-electron chi connectivity index (χ0n) is 12.1. The number of piperazine rings is 1. The molecule has 0 aliphatic carbocycles.